The molecule has 2 rings (SSSR count). The van der Waals surface area contributed by atoms with Crippen molar-refractivity contribution in [3.05, 3.63) is 18.3 Å². The van der Waals surface area contributed by atoms with Gasteiger partial charge in [-0.3, -0.25) is 0 Å². The van der Waals surface area contributed by atoms with Gasteiger partial charge in [-0.15, -0.1) is 0 Å². The van der Waals surface area contributed by atoms with E-state index in [1.807, 2.05) is 14.1 Å². The minimum absolute atomic E-state index is 0.292. The first-order valence-electron chi connectivity index (χ1n) is 6.25. The maximum atomic E-state index is 12.5. The molecule has 0 aliphatic carbocycles. The molecule has 1 aliphatic heterocycles. The summed E-state index contributed by atoms with van der Waals surface area (Å²) in [5.41, 5.74) is 0. The lowest BCUT2D eigenvalue weighted by Crippen LogP contribution is -2.34. The van der Waals surface area contributed by atoms with Crippen molar-refractivity contribution in [3.8, 4) is 0 Å². The molecule has 2 heterocycles. The average Bonchev–Trinajstić information content (AvgIpc) is 2.89. The monoisotopic (exact) mass is 284 g/mol. The summed E-state index contributed by atoms with van der Waals surface area (Å²) in [5.74, 6) is 0.560. The smallest absolute Gasteiger partial charge is 0.243 e. The van der Waals surface area contributed by atoms with Crippen LogP contribution in [0.15, 0.2) is 23.2 Å². The van der Waals surface area contributed by atoms with Gasteiger partial charge in [-0.1, -0.05) is 0 Å². The molecular formula is C12H20N4O2S. The molecule has 6 nitrogen and oxygen atoms in total. The van der Waals surface area contributed by atoms with Crippen LogP contribution < -0.4 is 5.32 Å². The van der Waals surface area contributed by atoms with Crippen LogP contribution in [0.2, 0.25) is 0 Å². The van der Waals surface area contributed by atoms with Gasteiger partial charge in [0.05, 0.1) is 4.90 Å². The maximum absolute atomic E-state index is 12.5. The molecule has 1 atom stereocenters. The van der Waals surface area contributed by atoms with Crippen LogP contribution >= 0.6 is 0 Å². The fraction of sp³-hybridized carbons (Fsp3) is 0.583. The molecule has 0 spiro atoms. The Labute approximate surface area is 114 Å². The van der Waals surface area contributed by atoms with E-state index in [9.17, 15) is 8.42 Å². The molecule has 0 bridgehead atoms. The standard InChI is InChI=1S/C12H20N4O2S/c1-13-12-8-11(4-6-14-12)19(17,18)16-7-5-10(9-16)15(2)3/h4,6,8,10H,5,7,9H2,1-3H3,(H,13,14). The molecule has 0 aromatic carbocycles. The molecule has 0 saturated carbocycles. The van der Waals surface area contributed by atoms with Crippen LogP contribution in [-0.2, 0) is 10.0 Å². The second-order valence-electron chi connectivity index (χ2n) is 4.90. The number of hydrogen-bond donors (Lipinski definition) is 1. The minimum Gasteiger partial charge on any atom is -0.373 e. The van der Waals surface area contributed by atoms with Crippen LogP contribution in [0.3, 0.4) is 0 Å². The third-order valence-corrected chi connectivity index (χ3v) is 5.34. The van der Waals surface area contributed by atoms with Crippen LogP contribution in [0.4, 0.5) is 5.82 Å². The molecule has 0 amide bonds. The number of hydrogen-bond acceptors (Lipinski definition) is 5. The first-order valence-corrected chi connectivity index (χ1v) is 7.69. The maximum Gasteiger partial charge on any atom is 0.243 e. The van der Waals surface area contributed by atoms with Crippen LogP contribution in [-0.4, -0.2) is 62.9 Å². The quantitative estimate of drug-likeness (QED) is 0.869. The largest absolute Gasteiger partial charge is 0.373 e. The van der Waals surface area contributed by atoms with Crippen molar-refractivity contribution in [2.24, 2.45) is 0 Å². The van der Waals surface area contributed by atoms with Crippen LogP contribution in [0.1, 0.15) is 6.42 Å². The molecule has 1 aromatic heterocycles. The number of likely N-dealkylation sites (N-methyl/N-ethyl adjacent to an activating group) is 1. The van der Waals surface area contributed by atoms with Crippen molar-refractivity contribution in [3.63, 3.8) is 0 Å². The summed E-state index contributed by atoms with van der Waals surface area (Å²) in [7, 11) is 2.26. The normalized spacial score (nSPS) is 20.9. The zero-order valence-electron chi connectivity index (χ0n) is 11.5. The molecule has 1 N–H and O–H groups in total. The van der Waals surface area contributed by atoms with E-state index in [1.54, 1.807) is 23.5 Å². The number of rotatable bonds is 4. The topological polar surface area (TPSA) is 65.5 Å². The number of nitrogens with one attached hydrogen (secondary N) is 1. The zero-order chi connectivity index (χ0) is 14.0. The highest BCUT2D eigenvalue weighted by molar-refractivity contribution is 7.89. The van der Waals surface area contributed by atoms with Gasteiger partial charge < -0.3 is 10.2 Å². The Balaban J connectivity index is 2.23. The van der Waals surface area contributed by atoms with Crippen molar-refractivity contribution >= 4 is 15.8 Å². The summed E-state index contributed by atoms with van der Waals surface area (Å²) < 4.78 is 26.6. The van der Waals surface area contributed by atoms with E-state index in [1.165, 1.54) is 6.20 Å². The lowest BCUT2D eigenvalue weighted by atomic mass is 10.2. The van der Waals surface area contributed by atoms with Gasteiger partial charge in [0, 0.05) is 38.4 Å². The van der Waals surface area contributed by atoms with Gasteiger partial charge in [-0.25, -0.2) is 13.4 Å². The SMILES string of the molecule is CNc1cc(S(=O)(=O)N2CCC(N(C)C)C2)ccn1. The van der Waals surface area contributed by atoms with Crippen LogP contribution in [0.5, 0.6) is 0 Å². The van der Waals surface area contributed by atoms with E-state index >= 15 is 0 Å². The lowest BCUT2D eigenvalue weighted by molar-refractivity contribution is 0.302. The summed E-state index contributed by atoms with van der Waals surface area (Å²) in [5, 5.41) is 2.85. The van der Waals surface area contributed by atoms with E-state index in [2.05, 4.69) is 15.2 Å². The van der Waals surface area contributed by atoms with Crippen molar-refractivity contribution in [2.75, 3.05) is 39.5 Å². The van der Waals surface area contributed by atoms with Gasteiger partial charge >= 0.3 is 0 Å². The molecule has 19 heavy (non-hydrogen) atoms. The molecule has 1 unspecified atom stereocenters. The highest BCUT2D eigenvalue weighted by atomic mass is 32.2. The summed E-state index contributed by atoms with van der Waals surface area (Å²) in [6.07, 6.45) is 2.38. The molecule has 0 radical (unpaired) electrons. The van der Waals surface area contributed by atoms with Gasteiger partial charge in [0.1, 0.15) is 5.82 Å². The average molecular weight is 284 g/mol. The fourth-order valence-electron chi connectivity index (χ4n) is 2.21. The van der Waals surface area contributed by atoms with Crippen molar-refractivity contribution in [1.29, 1.82) is 0 Å². The van der Waals surface area contributed by atoms with E-state index in [-0.39, 0.29) is 0 Å². The Bertz CT molecular complexity index is 544. The van der Waals surface area contributed by atoms with Gasteiger partial charge in [-0.2, -0.15) is 4.31 Å². The Kier molecular flexibility index (Phi) is 4.07. The Hall–Kier alpha value is -1.18. The Morgan fingerprint density at radius 2 is 2.21 bits per heavy atom. The van der Waals surface area contributed by atoms with Gasteiger partial charge in [-0.05, 0) is 26.6 Å². The number of pyridine rings is 1. The second-order valence-corrected chi connectivity index (χ2v) is 6.83. The van der Waals surface area contributed by atoms with Gasteiger partial charge in [0.25, 0.3) is 0 Å². The van der Waals surface area contributed by atoms with Crippen LogP contribution in [0, 0.1) is 0 Å². The van der Waals surface area contributed by atoms with E-state index in [0.717, 1.165) is 6.42 Å². The third-order valence-electron chi connectivity index (χ3n) is 3.48. The molecule has 1 saturated heterocycles. The Morgan fingerprint density at radius 3 is 2.79 bits per heavy atom. The lowest BCUT2D eigenvalue weighted by Gasteiger charge is -2.20. The highest BCUT2D eigenvalue weighted by Crippen LogP contribution is 2.23. The summed E-state index contributed by atoms with van der Waals surface area (Å²) >= 11 is 0. The third kappa shape index (κ3) is 2.88. The van der Waals surface area contributed by atoms with Crippen LogP contribution in [0.25, 0.3) is 0 Å². The highest BCUT2D eigenvalue weighted by Gasteiger charge is 2.33. The fourth-order valence-corrected chi connectivity index (χ4v) is 3.71. The molecular weight excluding hydrogens is 264 g/mol. The molecule has 1 fully saturated rings. The number of aromatic nitrogens is 1. The van der Waals surface area contributed by atoms with Crippen molar-refractivity contribution < 1.29 is 8.42 Å². The van der Waals surface area contributed by atoms with Crippen molar-refractivity contribution in [2.45, 2.75) is 17.4 Å². The zero-order valence-corrected chi connectivity index (χ0v) is 12.3. The first kappa shape index (κ1) is 14.2. The molecule has 1 aromatic rings. The predicted molar refractivity (Wildman–Crippen MR) is 74.6 cm³/mol. The number of sulfonamides is 1. The summed E-state index contributed by atoms with van der Waals surface area (Å²) in [6, 6.07) is 3.40. The minimum atomic E-state index is -3.41. The second kappa shape index (κ2) is 5.44. The van der Waals surface area contributed by atoms with E-state index < -0.39 is 10.0 Å². The van der Waals surface area contributed by atoms with Crippen molar-refractivity contribution in [1.82, 2.24) is 14.2 Å². The van der Waals surface area contributed by atoms with E-state index in [0.29, 0.717) is 29.8 Å². The molecule has 7 heteroatoms. The molecule has 106 valence electrons. The first-order chi connectivity index (χ1) is 8.95. The van der Waals surface area contributed by atoms with Gasteiger partial charge in [0.2, 0.25) is 10.0 Å². The number of anilines is 1. The predicted octanol–water partition coefficient (Wildman–Crippen LogP) is 0.448. The molecule has 1 aliphatic rings. The van der Waals surface area contributed by atoms with E-state index in [4.69, 9.17) is 0 Å². The Morgan fingerprint density at radius 1 is 1.47 bits per heavy atom. The summed E-state index contributed by atoms with van der Waals surface area (Å²) in [4.78, 5) is 6.41. The summed E-state index contributed by atoms with van der Waals surface area (Å²) in [6.45, 7) is 1.12. The number of nitrogens with zero attached hydrogens (tertiary/aromatic N) is 3. The van der Waals surface area contributed by atoms with Gasteiger partial charge in [0.15, 0.2) is 0 Å².